The SMILES string of the molecule is Cc1oncc1NC(=O)c1cc(-c2ccncc2)ccc1OCc1ccccc1. The summed E-state index contributed by atoms with van der Waals surface area (Å²) >= 11 is 0. The lowest BCUT2D eigenvalue weighted by atomic mass is 10.0. The second-order valence-electron chi connectivity index (χ2n) is 6.47. The third kappa shape index (κ3) is 4.32. The van der Waals surface area contributed by atoms with Crippen LogP contribution in [0.3, 0.4) is 0 Å². The number of pyridine rings is 1. The first-order valence-corrected chi connectivity index (χ1v) is 9.14. The van der Waals surface area contributed by atoms with Gasteiger partial charge in [0, 0.05) is 12.4 Å². The minimum absolute atomic E-state index is 0.296. The van der Waals surface area contributed by atoms with E-state index in [2.05, 4.69) is 15.5 Å². The van der Waals surface area contributed by atoms with Gasteiger partial charge < -0.3 is 14.6 Å². The highest BCUT2D eigenvalue weighted by Crippen LogP contribution is 2.28. The first-order valence-electron chi connectivity index (χ1n) is 9.14. The lowest BCUT2D eigenvalue weighted by Crippen LogP contribution is -2.14. The summed E-state index contributed by atoms with van der Waals surface area (Å²) in [4.78, 5) is 17.1. The molecule has 0 aliphatic rings. The number of nitrogens with zero attached hydrogens (tertiary/aromatic N) is 2. The van der Waals surface area contributed by atoms with Crippen LogP contribution in [0.4, 0.5) is 5.69 Å². The number of hydrogen-bond donors (Lipinski definition) is 1. The summed E-state index contributed by atoms with van der Waals surface area (Å²) in [7, 11) is 0. The average molecular weight is 385 g/mol. The van der Waals surface area contributed by atoms with E-state index < -0.39 is 0 Å². The number of anilines is 1. The molecular weight excluding hydrogens is 366 g/mol. The molecule has 0 atom stereocenters. The van der Waals surface area contributed by atoms with Gasteiger partial charge in [0.1, 0.15) is 18.0 Å². The minimum atomic E-state index is -0.296. The van der Waals surface area contributed by atoms with Crippen molar-refractivity contribution >= 4 is 11.6 Å². The number of carbonyl (C=O) groups excluding carboxylic acids is 1. The second-order valence-corrected chi connectivity index (χ2v) is 6.47. The first kappa shape index (κ1) is 18.4. The van der Waals surface area contributed by atoms with Crippen LogP contribution < -0.4 is 10.1 Å². The molecule has 4 aromatic rings. The average Bonchev–Trinajstić information content (AvgIpc) is 3.18. The Morgan fingerprint density at radius 2 is 1.83 bits per heavy atom. The van der Waals surface area contributed by atoms with Gasteiger partial charge >= 0.3 is 0 Å². The molecule has 6 heteroatoms. The van der Waals surface area contributed by atoms with Crippen LogP contribution >= 0.6 is 0 Å². The molecule has 6 nitrogen and oxygen atoms in total. The van der Waals surface area contributed by atoms with E-state index in [1.54, 1.807) is 19.3 Å². The highest BCUT2D eigenvalue weighted by Gasteiger charge is 2.17. The van der Waals surface area contributed by atoms with Gasteiger partial charge in [0.25, 0.3) is 5.91 Å². The third-order valence-electron chi connectivity index (χ3n) is 4.47. The summed E-state index contributed by atoms with van der Waals surface area (Å²) in [6.45, 7) is 2.10. The van der Waals surface area contributed by atoms with Gasteiger partial charge in [-0.3, -0.25) is 9.78 Å². The van der Waals surface area contributed by atoms with Crippen LogP contribution in [-0.4, -0.2) is 16.0 Å². The number of nitrogens with one attached hydrogen (secondary N) is 1. The van der Waals surface area contributed by atoms with E-state index in [1.165, 1.54) is 6.20 Å². The number of carbonyl (C=O) groups is 1. The Morgan fingerprint density at radius 3 is 2.55 bits per heavy atom. The minimum Gasteiger partial charge on any atom is -0.488 e. The molecule has 0 bridgehead atoms. The van der Waals surface area contributed by atoms with Crippen molar-refractivity contribution in [1.29, 1.82) is 0 Å². The number of aromatic nitrogens is 2. The number of aryl methyl sites for hydroxylation is 1. The zero-order valence-electron chi connectivity index (χ0n) is 15.8. The quantitative estimate of drug-likeness (QED) is 0.512. The first-order chi connectivity index (χ1) is 14.2. The molecule has 2 aromatic heterocycles. The van der Waals surface area contributed by atoms with Crippen LogP contribution in [0.2, 0.25) is 0 Å². The third-order valence-corrected chi connectivity index (χ3v) is 4.47. The highest BCUT2D eigenvalue weighted by atomic mass is 16.5. The molecule has 0 aliphatic heterocycles. The molecule has 144 valence electrons. The number of benzene rings is 2. The summed E-state index contributed by atoms with van der Waals surface area (Å²) in [6, 6.07) is 19.2. The zero-order valence-corrected chi connectivity index (χ0v) is 15.8. The molecule has 0 fully saturated rings. The fourth-order valence-electron chi connectivity index (χ4n) is 2.90. The lowest BCUT2D eigenvalue weighted by molar-refractivity contribution is 0.102. The number of hydrogen-bond acceptors (Lipinski definition) is 5. The van der Waals surface area contributed by atoms with E-state index in [9.17, 15) is 4.79 Å². The molecule has 0 saturated carbocycles. The predicted molar refractivity (Wildman–Crippen MR) is 110 cm³/mol. The van der Waals surface area contributed by atoms with E-state index in [4.69, 9.17) is 9.26 Å². The van der Waals surface area contributed by atoms with Crippen LogP contribution in [-0.2, 0) is 6.61 Å². The Morgan fingerprint density at radius 1 is 1.03 bits per heavy atom. The molecule has 1 amide bonds. The standard InChI is InChI=1S/C23H19N3O3/c1-16-21(14-25-29-16)26-23(27)20-13-19(18-9-11-24-12-10-18)7-8-22(20)28-15-17-5-3-2-4-6-17/h2-14H,15H2,1H3,(H,26,27). The Bertz CT molecular complexity index is 1110. The highest BCUT2D eigenvalue weighted by molar-refractivity contribution is 6.07. The van der Waals surface area contributed by atoms with Crippen LogP contribution in [0.15, 0.2) is 83.8 Å². The predicted octanol–water partition coefficient (Wildman–Crippen LogP) is 4.88. The Kier molecular flexibility index (Phi) is 5.33. The molecule has 0 aliphatic carbocycles. The fraction of sp³-hybridized carbons (Fsp3) is 0.0870. The summed E-state index contributed by atoms with van der Waals surface area (Å²) < 4.78 is 11.0. The summed E-state index contributed by atoms with van der Waals surface area (Å²) in [6.07, 6.45) is 4.91. The van der Waals surface area contributed by atoms with E-state index in [0.29, 0.717) is 29.4 Å². The van der Waals surface area contributed by atoms with E-state index in [-0.39, 0.29) is 5.91 Å². The van der Waals surface area contributed by atoms with Crippen molar-refractivity contribution in [1.82, 2.24) is 10.1 Å². The monoisotopic (exact) mass is 385 g/mol. The largest absolute Gasteiger partial charge is 0.488 e. The molecule has 2 heterocycles. The Hall–Kier alpha value is -3.93. The van der Waals surface area contributed by atoms with Crippen LogP contribution in [0.1, 0.15) is 21.7 Å². The van der Waals surface area contributed by atoms with Crippen molar-refractivity contribution in [3.63, 3.8) is 0 Å². The molecule has 29 heavy (non-hydrogen) atoms. The topological polar surface area (TPSA) is 77.3 Å². The molecule has 0 radical (unpaired) electrons. The summed E-state index contributed by atoms with van der Waals surface area (Å²) in [5, 5.41) is 6.54. The molecule has 0 saturated heterocycles. The van der Waals surface area contributed by atoms with Crippen molar-refractivity contribution in [3.05, 3.63) is 96.1 Å². The van der Waals surface area contributed by atoms with Crippen molar-refractivity contribution in [2.75, 3.05) is 5.32 Å². The number of amides is 1. The van der Waals surface area contributed by atoms with Gasteiger partial charge in [-0.15, -0.1) is 0 Å². The van der Waals surface area contributed by atoms with Crippen molar-refractivity contribution in [2.24, 2.45) is 0 Å². The number of rotatable bonds is 6. The van der Waals surface area contributed by atoms with Gasteiger partial charge in [-0.25, -0.2) is 0 Å². The van der Waals surface area contributed by atoms with Crippen molar-refractivity contribution < 1.29 is 14.1 Å². The summed E-state index contributed by atoms with van der Waals surface area (Å²) in [5.74, 6) is 0.740. The fourth-order valence-corrected chi connectivity index (χ4v) is 2.90. The number of ether oxygens (including phenoxy) is 1. The van der Waals surface area contributed by atoms with Crippen LogP contribution in [0, 0.1) is 6.92 Å². The lowest BCUT2D eigenvalue weighted by Gasteiger charge is -2.13. The van der Waals surface area contributed by atoms with Gasteiger partial charge in [0.05, 0.1) is 11.8 Å². The van der Waals surface area contributed by atoms with Gasteiger partial charge in [0.15, 0.2) is 5.76 Å². The molecular formula is C23H19N3O3. The van der Waals surface area contributed by atoms with Crippen LogP contribution in [0.5, 0.6) is 5.75 Å². The maximum Gasteiger partial charge on any atom is 0.259 e. The normalized spacial score (nSPS) is 10.5. The second kappa shape index (κ2) is 8.39. The Balaban J connectivity index is 1.65. The smallest absolute Gasteiger partial charge is 0.259 e. The van der Waals surface area contributed by atoms with Crippen LogP contribution in [0.25, 0.3) is 11.1 Å². The molecule has 2 aromatic carbocycles. The van der Waals surface area contributed by atoms with Gasteiger partial charge in [-0.05, 0) is 47.9 Å². The molecule has 0 unspecified atom stereocenters. The van der Waals surface area contributed by atoms with Crippen molar-refractivity contribution in [3.8, 4) is 16.9 Å². The van der Waals surface area contributed by atoms with Gasteiger partial charge in [-0.2, -0.15) is 0 Å². The zero-order chi connectivity index (χ0) is 20.1. The van der Waals surface area contributed by atoms with Crippen molar-refractivity contribution in [2.45, 2.75) is 13.5 Å². The molecule has 4 rings (SSSR count). The van der Waals surface area contributed by atoms with Gasteiger partial charge in [-0.1, -0.05) is 41.6 Å². The van der Waals surface area contributed by atoms with E-state index >= 15 is 0 Å². The molecule has 1 N–H and O–H groups in total. The van der Waals surface area contributed by atoms with Gasteiger partial charge in [0.2, 0.25) is 0 Å². The Labute approximate surface area is 168 Å². The maximum atomic E-state index is 13.0. The van der Waals surface area contributed by atoms with E-state index in [0.717, 1.165) is 16.7 Å². The molecule has 0 spiro atoms. The maximum absolute atomic E-state index is 13.0. The summed E-state index contributed by atoms with van der Waals surface area (Å²) in [5.41, 5.74) is 3.83. The van der Waals surface area contributed by atoms with E-state index in [1.807, 2.05) is 60.7 Å².